The van der Waals surface area contributed by atoms with Crippen molar-refractivity contribution in [3.8, 4) is 0 Å². The van der Waals surface area contributed by atoms with Gasteiger partial charge in [-0.1, -0.05) is 41.9 Å². The maximum absolute atomic E-state index is 13.6. The topological polar surface area (TPSA) is 67.9 Å². The molecule has 0 saturated carbocycles. The summed E-state index contributed by atoms with van der Waals surface area (Å²) >= 11 is 5.94. The number of alkyl halides is 3. The molecule has 1 unspecified atom stereocenters. The van der Waals surface area contributed by atoms with Crippen molar-refractivity contribution in [2.24, 2.45) is 0 Å². The second kappa shape index (κ2) is 10.9. The number of benzene rings is 2. The van der Waals surface area contributed by atoms with Crippen LogP contribution in [0.1, 0.15) is 36.1 Å². The van der Waals surface area contributed by atoms with E-state index in [9.17, 15) is 22.8 Å². The Morgan fingerprint density at radius 3 is 2.45 bits per heavy atom. The van der Waals surface area contributed by atoms with Crippen LogP contribution in [0.4, 0.5) is 18.0 Å². The summed E-state index contributed by atoms with van der Waals surface area (Å²) in [6.45, 7) is 2.52. The first-order valence-corrected chi connectivity index (χ1v) is 10.8. The predicted molar refractivity (Wildman–Crippen MR) is 116 cm³/mol. The van der Waals surface area contributed by atoms with E-state index in [0.717, 1.165) is 6.07 Å². The number of hydrogen-bond acceptors (Lipinski definition) is 4. The van der Waals surface area contributed by atoms with Crippen LogP contribution >= 0.6 is 11.6 Å². The van der Waals surface area contributed by atoms with Crippen LogP contribution in [-0.2, 0) is 20.4 Å². The molecule has 10 heteroatoms. The number of carbonyl (C=O) groups is 2. The molecule has 2 amide bonds. The Morgan fingerprint density at radius 2 is 1.82 bits per heavy atom. The van der Waals surface area contributed by atoms with E-state index in [2.05, 4.69) is 5.32 Å². The third kappa shape index (κ3) is 6.61. The van der Waals surface area contributed by atoms with E-state index in [1.54, 1.807) is 31.2 Å². The summed E-state index contributed by atoms with van der Waals surface area (Å²) in [5.41, 5.74) is -0.268. The van der Waals surface area contributed by atoms with Crippen LogP contribution in [0.25, 0.3) is 0 Å². The monoisotopic (exact) mass is 484 g/mol. The molecule has 1 saturated heterocycles. The van der Waals surface area contributed by atoms with Gasteiger partial charge < -0.3 is 19.7 Å². The summed E-state index contributed by atoms with van der Waals surface area (Å²) in [5, 5.41) is 3.07. The second-order valence-electron chi connectivity index (χ2n) is 7.47. The molecule has 2 aromatic carbocycles. The molecule has 0 aromatic heterocycles. The molecule has 1 atom stereocenters. The number of urea groups is 1. The largest absolute Gasteiger partial charge is 0.466 e. The third-order valence-corrected chi connectivity index (χ3v) is 5.35. The van der Waals surface area contributed by atoms with Gasteiger partial charge in [-0.2, -0.15) is 13.2 Å². The smallest absolute Gasteiger partial charge is 0.416 e. The highest BCUT2D eigenvalue weighted by Crippen LogP contribution is 2.39. The number of halogens is 4. The highest BCUT2D eigenvalue weighted by Gasteiger charge is 2.38. The van der Waals surface area contributed by atoms with Gasteiger partial charge in [-0.25, -0.2) is 4.79 Å². The number of carbonyl (C=O) groups excluding carboxylic acids is 2. The van der Waals surface area contributed by atoms with Crippen molar-refractivity contribution in [3.63, 3.8) is 0 Å². The molecule has 178 valence electrons. The second-order valence-corrected chi connectivity index (χ2v) is 7.90. The van der Waals surface area contributed by atoms with Gasteiger partial charge in [-0.05, 0) is 36.2 Å². The summed E-state index contributed by atoms with van der Waals surface area (Å²) in [5.74, 6) is -0.406. The number of nitrogens with zero attached hydrogens (tertiary/aromatic N) is 1. The van der Waals surface area contributed by atoms with Crippen LogP contribution in [0.3, 0.4) is 0 Å². The lowest BCUT2D eigenvalue weighted by atomic mass is 9.95. The SMILES string of the molecule is CCOC(=O)CCNC(=O)N1CC(OC(c2ccc(Cl)cc2)c2ccccc2C(F)(F)F)C1. The van der Waals surface area contributed by atoms with Crippen molar-refractivity contribution >= 4 is 23.6 Å². The first kappa shape index (κ1) is 24.9. The molecule has 6 nitrogen and oxygen atoms in total. The van der Waals surface area contributed by atoms with Gasteiger partial charge in [0, 0.05) is 11.6 Å². The average Bonchev–Trinajstić information content (AvgIpc) is 2.73. The highest BCUT2D eigenvalue weighted by atomic mass is 35.5. The van der Waals surface area contributed by atoms with Gasteiger partial charge >= 0.3 is 18.2 Å². The van der Waals surface area contributed by atoms with Crippen LogP contribution < -0.4 is 5.32 Å². The molecular formula is C23H24ClF3N2O4. The van der Waals surface area contributed by atoms with E-state index in [1.807, 2.05) is 0 Å². The molecule has 0 bridgehead atoms. The van der Waals surface area contributed by atoms with E-state index in [0.29, 0.717) is 10.6 Å². The molecule has 0 spiro atoms. The lowest BCUT2D eigenvalue weighted by Gasteiger charge is -2.41. The van der Waals surface area contributed by atoms with Crippen molar-refractivity contribution in [1.29, 1.82) is 0 Å². The van der Waals surface area contributed by atoms with Crippen LogP contribution in [0, 0.1) is 0 Å². The van der Waals surface area contributed by atoms with Crippen molar-refractivity contribution in [3.05, 3.63) is 70.2 Å². The Hall–Kier alpha value is -2.78. The van der Waals surface area contributed by atoms with E-state index in [1.165, 1.54) is 23.1 Å². The Morgan fingerprint density at radius 1 is 1.15 bits per heavy atom. The van der Waals surface area contributed by atoms with E-state index < -0.39 is 29.9 Å². The van der Waals surface area contributed by atoms with Gasteiger partial charge in [-0.15, -0.1) is 0 Å². The maximum Gasteiger partial charge on any atom is 0.416 e. The third-order valence-electron chi connectivity index (χ3n) is 5.10. The first-order chi connectivity index (χ1) is 15.7. The number of esters is 1. The highest BCUT2D eigenvalue weighted by molar-refractivity contribution is 6.30. The summed E-state index contributed by atoms with van der Waals surface area (Å²) in [7, 11) is 0. The Kier molecular flexibility index (Phi) is 8.20. The van der Waals surface area contributed by atoms with Crippen LogP contribution in [0.5, 0.6) is 0 Å². The fraction of sp³-hybridized carbons (Fsp3) is 0.391. The van der Waals surface area contributed by atoms with Crippen molar-refractivity contribution in [2.75, 3.05) is 26.2 Å². The Labute approximate surface area is 194 Å². The fourth-order valence-corrected chi connectivity index (χ4v) is 3.58. The zero-order valence-electron chi connectivity index (χ0n) is 17.9. The number of ether oxygens (including phenoxy) is 2. The quantitative estimate of drug-likeness (QED) is 0.546. The molecule has 1 fully saturated rings. The lowest BCUT2D eigenvalue weighted by molar-refractivity contribution is -0.143. The standard InChI is InChI=1S/C23H24ClF3N2O4/c1-2-32-20(30)11-12-28-22(31)29-13-17(14-29)33-21(15-7-9-16(24)10-8-15)18-5-3-4-6-19(18)23(25,26)27/h3-10,17,21H,2,11-14H2,1H3,(H,28,31). The first-order valence-electron chi connectivity index (χ1n) is 10.4. The summed E-state index contributed by atoms with van der Waals surface area (Å²) < 4.78 is 51.8. The minimum atomic E-state index is -4.55. The normalized spacial score (nSPS) is 15.0. The number of amides is 2. The number of rotatable bonds is 8. The van der Waals surface area contributed by atoms with Crippen molar-refractivity contribution in [2.45, 2.75) is 31.7 Å². The summed E-state index contributed by atoms with van der Waals surface area (Å²) in [6, 6.07) is 11.3. The molecule has 0 aliphatic carbocycles. The van der Waals surface area contributed by atoms with Crippen molar-refractivity contribution in [1.82, 2.24) is 10.2 Å². The number of hydrogen-bond donors (Lipinski definition) is 1. The molecule has 3 rings (SSSR count). The van der Waals surface area contributed by atoms with Crippen LogP contribution in [-0.4, -0.2) is 49.2 Å². The van der Waals surface area contributed by atoms with Crippen molar-refractivity contribution < 1.29 is 32.2 Å². The van der Waals surface area contributed by atoms with Crippen LogP contribution in [0.2, 0.25) is 5.02 Å². The molecule has 1 aliphatic heterocycles. The predicted octanol–water partition coefficient (Wildman–Crippen LogP) is 4.81. The zero-order valence-corrected chi connectivity index (χ0v) is 18.7. The van der Waals surface area contributed by atoms with Crippen LogP contribution in [0.15, 0.2) is 48.5 Å². The van der Waals surface area contributed by atoms with E-state index in [-0.39, 0.29) is 44.3 Å². The fourth-order valence-electron chi connectivity index (χ4n) is 3.45. The van der Waals surface area contributed by atoms with Gasteiger partial charge in [0.05, 0.1) is 37.8 Å². The minimum Gasteiger partial charge on any atom is -0.466 e. The molecule has 2 aromatic rings. The Bertz CT molecular complexity index is 963. The molecule has 1 N–H and O–H groups in total. The van der Waals surface area contributed by atoms with Gasteiger partial charge in [0.1, 0.15) is 6.10 Å². The molecule has 1 heterocycles. The van der Waals surface area contributed by atoms with Gasteiger partial charge in [0.25, 0.3) is 0 Å². The van der Waals surface area contributed by atoms with Gasteiger partial charge in [0.2, 0.25) is 0 Å². The average molecular weight is 485 g/mol. The lowest BCUT2D eigenvalue weighted by Crippen LogP contribution is -2.58. The zero-order chi connectivity index (χ0) is 24.0. The molecule has 1 aliphatic rings. The van der Waals surface area contributed by atoms with Gasteiger partial charge in [0.15, 0.2) is 0 Å². The molecular weight excluding hydrogens is 461 g/mol. The van der Waals surface area contributed by atoms with E-state index >= 15 is 0 Å². The van der Waals surface area contributed by atoms with Gasteiger partial charge in [-0.3, -0.25) is 4.79 Å². The number of nitrogens with one attached hydrogen (secondary N) is 1. The Balaban J connectivity index is 1.67. The number of likely N-dealkylation sites (tertiary alicyclic amines) is 1. The minimum absolute atomic E-state index is 0.00957. The summed E-state index contributed by atoms with van der Waals surface area (Å²) in [6.07, 6.45) is -5.93. The molecule has 33 heavy (non-hydrogen) atoms. The van der Waals surface area contributed by atoms with E-state index in [4.69, 9.17) is 21.1 Å². The summed E-state index contributed by atoms with van der Waals surface area (Å²) in [4.78, 5) is 25.0. The molecule has 0 radical (unpaired) electrons. The maximum atomic E-state index is 13.6.